The molecule has 13 nitrogen and oxygen atoms in total. The normalized spacial score (nSPS) is 29.1. The zero-order valence-corrected chi connectivity index (χ0v) is 17.4. The molecule has 2 aliphatic heterocycles. The topological polar surface area (TPSA) is 164 Å². The number of halogens is 1. The predicted molar refractivity (Wildman–Crippen MR) is 102 cm³/mol. The fourth-order valence-electron chi connectivity index (χ4n) is 3.50. The molecule has 0 spiro atoms. The second-order valence-electron chi connectivity index (χ2n) is 7.02. The molecule has 3 N–H and O–H groups in total. The van der Waals surface area contributed by atoms with E-state index in [9.17, 15) is 14.3 Å². The Morgan fingerprint density at radius 1 is 1.39 bits per heavy atom. The lowest BCUT2D eigenvalue weighted by Gasteiger charge is -2.30. The van der Waals surface area contributed by atoms with E-state index in [1.807, 2.05) is 0 Å². The number of carbonyl (C=O) groups is 1. The van der Waals surface area contributed by atoms with Crippen LogP contribution in [0, 0.1) is 0 Å². The highest BCUT2D eigenvalue weighted by Gasteiger charge is 2.50. The minimum absolute atomic E-state index is 0.111. The van der Waals surface area contributed by atoms with Gasteiger partial charge in [0, 0.05) is 20.0 Å². The number of esters is 1. The van der Waals surface area contributed by atoms with Crippen molar-refractivity contribution in [2.24, 2.45) is 0 Å². The molecule has 0 aromatic carbocycles. The minimum atomic E-state index is -4.17. The number of fused-ring (bicyclic) bond motifs is 1. The van der Waals surface area contributed by atoms with Gasteiger partial charge < -0.3 is 24.8 Å². The Morgan fingerprint density at radius 3 is 2.84 bits per heavy atom. The van der Waals surface area contributed by atoms with Gasteiger partial charge in [0.2, 0.25) is 0 Å². The summed E-state index contributed by atoms with van der Waals surface area (Å²) in [5.74, 6) is -0.621. The van der Waals surface area contributed by atoms with Crippen LogP contribution in [0.25, 0.3) is 11.2 Å². The third-order valence-electron chi connectivity index (χ3n) is 4.98. The highest BCUT2D eigenvalue weighted by Crippen LogP contribution is 2.47. The molecule has 2 aliphatic rings. The van der Waals surface area contributed by atoms with Crippen molar-refractivity contribution in [2.45, 2.75) is 31.5 Å². The van der Waals surface area contributed by atoms with Crippen LogP contribution < -0.4 is 5.73 Å². The van der Waals surface area contributed by atoms with Crippen LogP contribution in [0.1, 0.15) is 13.2 Å². The molecule has 0 aliphatic carbocycles. The molecular weight excluding hydrogens is 438 g/mol. The Balaban J connectivity index is 1.54. The third-order valence-corrected chi connectivity index (χ3v) is 6.58. The van der Waals surface area contributed by atoms with Crippen LogP contribution in [-0.4, -0.2) is 86.3 Å². The quantitative estimate of drug-likeness (QED) is 0.439. The summed E-state index contributed by atoms with van der Waals surface area (Å²) in [6.07, 6.45) is -3.14. The first-order valence-electron chi connectivity index (χ1n) is 9.48. The molecule has 2 unspecified atom stereocenters. The average molecular weight is 460 g/mol. The average Bonchev–Trinajstić information content (AvgIpc) is 3.30. The molecule has 0 saturated carbocycles. The Morgan fingerprint density at radius 2 is 2.13 bits per heavy atom. The number of hydrogen-bond acceptors (Lipinski definition) is 10. The highest BCUT2D eigenvalue weighted by atomic mass is 31.2. The maximum absolute atomic E-state index is 15.3. The van der Waals surface area contributed by atoms with Gasteiger partial charge in [0.15, 0.2) is 30.0 Å². The van der Waals surface area contributed by atoms with E-state index in [4.69, 9.17) is 24.5 Å². The van der Waals surface area contributed by atoms with Gasteiger partial charge in [-0.15, -0.1) is 0 Å². The largest absolute Gasteiger partial charge is 0.456 e. The van der Waals surface area contributed by atoms with Crippen LogP contribution in [0.5, 0.6) is 0 Å². The van der Waals surface area contributed by atoms with Gasteiger partial charge in [-0.05, 0) is 0 Å². The molecule has 2 fully saturated rings. The molecule has 0 bridgehead atoms. The smallest absolute Gasteiger partial charge is 0.405 e. The molecule has 170 valence electrons. The number of carbonyl (C=O) groups excluding carboxylic acids is 1. The number of anilines is 1. The zero-order valence-electron chi connectivity index (χ0n) is 16.5. The number of imidazole rings is 1. The van der Waals surface area contributed by atoms with E-state index in [1.165, 1.54) is 21.9 Å². The van der Waals surface area contributed by atoms with Crippen LogP contribution in [0.3, 0.4) is 0 Å². The lowest BCUT2D eigenvalue weighted by atomic mass is 10.1. The van der Waals surface area contributed by atoms with Crippen molar-refractivity contribution in [3.8, 4) is 0 Å². The first kappa shape index (κ1) is 22.0. The predicted octanol–water partition coefficient (Wildman–Crippen LogP) is 0.0249. The Labute approximate surface area is 175 Å². The van der Waals surface area contributed by atoms with Crippen molar-refractivity contribution in [2.75, 3.05) is 38.6 Å². The monoisotopic (exact) mass is 460 g/mol. The summed E-state index contributed by atoms with van der Waals surface area (Å²) in [6.45, 7) is 1.65. The summed E-state index contributed by atoms with van der Waals surface area (Å²) in [5, 5.41) is 0. The number of nitrogen functional groups attached to an aromatic ring is 1. The summed E-state index contributed by atoms with van der Waals surface area (Å²) in [6, 6.07) is 0. The Bertz CT molecular complexity index is 1000. The second kappa shape index (κ2) is 8.73. The van der Waals surface area contributed by atoms with Gasteiger partial charge in [-0.2, -0.15) is 0 Å². The standard InChI is InChI=1S/C16H22FN6O7P/c1-9(24)29-13-10(6-28-31(25,26)22-2-4-27-5-3-22)30-16(11(13)17)23-8-21-12-14(18)19-7-20-15(12)23/h7-8,10-11,13,16H,2-6H2,1H3,(H,25,26)(H2,18,19,20)/t10-,11+,13?,16-/m1/s1. The van der Waals surface area contributed by atoms with Gasteiger partial charge in [-0.3, -0.25) is 13.9 Å². The van der Waals surface area contributed by atoms with E-state index < -0.39 is 44.9 Å². The number of hydrogen-bond donors (Lipinski definition) is 2. The molecule has 15 heteroatoms. The first-order chi connectivity index (χ1) is 14.8. The van der Waals surface area contributed by atoms with Crippen LogP contribution in [0.4, 0.5) is 10.2 Å². The molecule has 4 rings (SSSR count). The van der Waals surface area contributed by atoms with E-state index >= 15 is 4.39 Å². The molecular formula is C16H22FN6O7P. The van der Waals surface area contributed by atoms with Crippen molar-refractivity contribution in [3.05, 3.63) is 12.7 Å². The van der Waals surface area contributed by atoms with Crippen molar-refractivity contribution < 1.29 is 37.4 Å². The van der Waals surface area contributed by atoms with E-state index in [-0.39, 0.29) is 43.3 Å². The van der Waals surface area contributed by atoms with Gasteiger partial charge in [-0.25, -0.2) is 28.6 Å². The van der Waals surface area contributed by atoms with Crippen molar-refractivity contribution in [3.63, 3.8) is 0 Å². The zero-order chi connectivity index (χ0) is 22.2. The number of nitrogens with zero attached hydrogens (tertiary/aromatic N) is 5. The molecule has 0 radical (unpaired) electrons. The van der Waals surface area contributed by atoms with Gasteiger partial charge >= 0.3 is 13.7 Å². The van der Waals surface area contributed by atoms with Crippen LogP contribution >= 0.6 is 7.75 Å². The number of aromatic nitrogens is 4. The first-order valence-corrected chi connectivity index (χ1v) is 11.0. The van der Waals surface area contributed by atoms with Crippen molar-refractivity contribution >= 4 is 30.7 Å². The molecule has 4 heterocycles. The summed E-state index contributed by atoms with van der Waals surface area (Å²) in [4.78, 5) is 33.7. The maximum atomic E-state index is 15.3. The molecule has 2 aromatic heterocycles. The van der Waals surface area contributed by atoms with Crippen molar-refractivity contribution in [1.29, 1.82) is 0 Å². The van der Waals surface area contributed by atoms with Gasteiger partial charge in [0.1, 0.15) is 17.9 Å². The summed E-state index contributed by atoms with van der Waals surface area (Å²) >= 11 is 0. The molecule has 2 saturated heterocycles. The summed E-state index contributed by atoms with van der Waals surface area (Å²) < 4.78 is 51.6. The van der Waals surface area contributed by atoms with E-state index in [1.54, 1.807) is 0 Å². The summed E-state index contributed by atoms with van der Waals surface area (Å²) in [7, 11) is -4.17. The molecule has 0 amide bonds. The van der Waals surface area contributed by atoms with Gasteiger partial charge in [0.05, 0.1) is 26.1 Å². The van der Waals surface area contributed by atoms with E-state index in [2.05, 4.69) is 15.0 Å². The highest BCUT2D eigenvalue weighted by molar-refractivity contribution is 7.50. The van der Waals surface area contributed by atoms with Crippen molar-refractivity contribution in [1.82, 2.24) is 24.2 Å². The number of morpholine rings is 1. The SMILES string of the molecule is CC(=O)OC1[C@@H](COP(=O)(O)N2CCOCC2)O[C@@H](n2cnc3c(N)ncnc32)[C@H]1F. The van der Waals surface area contributed by atoms with E-state index in [0.29, 0.717) is 0 Å². The van der Waals surface area contributed by atoms with E-state index in [0.717, 1.165) is 6.92 Å². The maximum Gasteiger partial charge on any atom is 0.405 e. The Hall–Kier alpha value is -2.22. The van der Waals surface area contributed by atoms with Gasteiger partial charge in [0.25, 0.3) is 0 Å². The van der Waals surface area contributed by atoms with Gasteiger partial charge in [-0.1, -0.05) is 0 Å². The van der Waals surface area contributed by atoms with Crippen LogP contribution in [-0.2, 0) is 28.1 Å². The lowest BCUT2D eigenvalue weighted by molar-refractivity contribution is -0.152. The third kappa shape index (κ3) is 4.40. The lowest BCUT2D eigenvalue weighted by Crippen LogP contribution is -2.38. The molecule has 5 atom stereocenters. The Kier molecular flexibility index (Phi) is 6.19. The fourth-order valence-corrected chi connectivity index (χ4v) is 4.67. The number of alkyl halides is 1. The fraction of sp³-hybridized carbons (Fsp3) is 0.625. The van der Waals surface area contributed by atoms with Crippen LogP contribution in [0.15, 0.2) is 12.7 Å². The molecule has 2 aromatic rings. The number of ether oxygens (including phenoxy) is 3. The summed E-state index contributed by atoms with van der Waals surface area (Å²) in [5.41, 5.74) is 6.25. The number of rotatable bonds is 6. The van der Waals surface area contributed by atoms with Crippen LogP contribution in [0.2, 0.25) is 0 Å². The molecule has 31 heavy (non-hydrogen) atoms. The number of nitrogens with two attached hydrogens (primary N) is 1. The second-order valence-corrected chi connectivity index (χ2v) is 8.82. The minimum Gasteiger partial charge on any atom is -0.456 e.